The SMILES string of the molecule is CC(C)(C)NS(=O)(=O)Nc1c(N)cccc1Cl. The molecule has 0 saturated carbocycles. The van der Waals surface area contributed by atoms with Crippen molar-refractivity contribution in [3.8, 4) is 0 Å². The van der Waals surface area contributed by atoms with Crippen molar-refractivity contribution >= 4 is 33.2 Å². The van der Waals surface area contributed by atoms with E-state index in [1.807, 2.05) is 0 Å². The zero-order valence-corrected chi connectivity index (χ0v) is 11.5. The van der Waals surface area contributed by atoms with Gasteiger partial charge in [-0.1, -0.05) is 17.7 Å². The number of rotatable bonds is 3. The van der Waals surface area contributed by atoms with Crippen LogP contribution in [0.15, 0.2) is 18.2 Å². The molecule has 0 fully saturated rings. The maximum Gasteiger partial charge on any atom is 0.299 e. The van der Waals surface area contributed by atoms with Crippen molar-refractivity contribution in [2.24, 2.45) is 0 Å². The Morgan fingerprint density at radius 2 is 1.88 bits per heavy atom. The molecule has 0 aliphatic rings. The second kappa shape index (κ2) is 4.72. The van der Waals surface area contributed by atoms with Crippen LogP contribution in [0.3, 0.4) is 0 Å². The molecule has 0 aliphatic heterocycles. The van der Waals surface area contributed by atoms with Crippen molar-refractivity contribution in [1.82, 2.24) is 4.72 Å². The molecule has 0 atom stereocenters. The summed E-state index contributed by atoms with van der Waals surface area (Å²) in [6, 6.07) is 4.78. The van der Waals surface area contributed by atoms with E-state index in [9.17, 15) is 8.42 Å². The van der Waals surface area contributed by atoms with Crippen molar-refractivity contribution in [1.29, 1.82) is 0 Å². The summed E-state index contributed by atoms with van der Waals surface area (Å²) in [5.41, 5.74) is 5.53. The van der Waals surface area contributed by atoms with E-state index in [0.29, 0.717) is 0 Å². The molecule has 5 nitrogen and oxygen atoms in total. The van der Waals surface area contributed by atoms with Gasteiger partial charge >= 0.3 is 0 Å². The Labute approximate surface area is 107 Å². The molecule has 7 heteroatoms. The zero-order valence-electron chi connectivity index (χ0n) is 9.91. The molecule has 17 heavy (non-hydrogen) atoms. The number of benzene rings is 1. The molecule has 0 aliphatic carbocycles. The fraction of sp³-hybridized carbons (Fsp3) is 0.400. The highest BCUT2D eigenvalue weighted by Crippen LogP contribution is 2.28. The molecule has 1 rings (SSSR count). The Bertz CT molecular complexity index is 489. The Kier molecular flexibility index (Phi) is 3.91. The third-order valence-corrected chi connectivity index (χ3v) is 3.39. The second-order valence-electron chi connectivity index (χ2n) is 4.66. The van der Waals surface area contributed by atoms with Crippen LogP contribution < -0.4 is 15.2 Å². The third kappa shape index (κ3) is 4.41. The van der Waals surface area contributed by atoms with E-state index in [4.69, 9.17) is 17.3 Å². The van der Waals surface area contributed by atoms with E-state index in [-0.39, 0.29) is 16.4 Å². The summed E-state index contributed by atoms with van der Waals surface area (Å²) in [5.74, 6) is 0. The quantitative estimate of drug-likeness (QED) is 0.739. The van der Waals surface area contributed by atoms with E-state index >= 15 is 0 Å². The average Bonchev–Trinajstić information content (AvgIpc) is 2.07. The van der Waals surface area contributed by atoms with Gasteiger partial charge in [-0.05, 0) is 32.9 Å². The van der Waals surface area contributed by atoms with Gasteiger partial charge in [-0.25, -0.2) is 0 Å². The van der Waals surface area contributed by atoms with Gasteiger partial charge in [-0.2, -0.15) is 13.1 Å². The van der Waals surface area contributed by atoms with E-state index < -0.39 is 15.7 Å². The molecule has 0 amide bonds. The lowest BCUT2D eigenvalue weighted by Crippen LogP contribution is -2.43. The summed E-state index contributed by atoms with van der Waals surface area (Å²) in [6.07, 6.45) is 0. The minimum atomic E-state index is -3.70. The maximum absolute atomic E-state index is 11.8. The summed E-state index contributed by atoms with van der Waals surface area (Å²) >= 11 is 5.87. The molecule has 0 spiro atoms. The highest BCUT2D eigenvalue weighted by Gasteiger charge is 2.21. The lowest BCUT2D eigenvalue weighted by Gasteiger charge is -2.21. The number of para-hydroxylation sites is 1. The Morgan fingerprint density at radius 3 is 2.35 bits per heavy atom. The lowest BCUT2D eigenvalue weighted by atomic mass is 10.1. The number of hydrogen-bond acceptors (Lipinski definition) is 3. The average molecular weight is 278 g/mol. The predicted octanol–water partition coefficient (Wildman–Crippen LogP) is 1.97. The van der Waals surface area contributed by atoms with Crippen LogP contribution in [0.5, 0.6) is 0 Å². The largest absolute Gasteiger partial charge is 0.397 e. The van der Waals surface area contributed by atoms with Crippen LogP contribution in [-0.4, -0.2) is 14.0 Å². The van der Waals surface area contributed by atoms with Crippen LogP contribution in [0.25, 0.3) is 0 Å². The first-order valence-electron chi connectivity index (χ1n) is 4.96. The number of hydrogen-bond donors (Lipinski definition) is 3. The lowest BCUT2D eigenvalue weighted by molar-refractivity contribution is 0.494. The molecule has 0 bridgehead atoms. The summed E-state index contributed by atoms with van der Waals surface area (Å²) in [5, 5.41) is 0.254. The Morgan fingerprint density at radius 1 is 1.29 bits per heavy atom. The molecule has 0 saturated heterocycles. The van der Waals surface area contributed by atoms with Crippen LogP contribution in [0.4, 0.5) is 11.4 Å². The van der Waals surface area contributed by atoms with Crippen molar-refractivity contribution in [3.05, 3.63) is 23.2 Å². The van der Waals surface area contributed by atoms with Gasteiger partial charge in [0.25, 0.3) is 10.2 Å². The smallest absolute Gasteiger partial charge is 0.299 e. The van der Waals surface area contributed by atoms with Gasteiger partial charge in [0, 0.05) is 5.54 Å². The van der Waals surface area contributed by atoms with Crippen LogP contribution in [0.1, 0.15) is 20.8 Å². The molecule has 0 radical (unpaired) electrons. The summed E-state index contributed by atoms with van der Waals surface area (Å²) in [4.78, 5) is 0. The number of halogens is 1. The minimum Gasteiger partial charge on any atom is -0.397 e. The highest BCUT2D eigenvalue weighted by atomic mass is 35.5. The normalized spacial score (nSPS) is 12.5. The number of nitrogens with two attached hydrogens (primary N) is 1. The third-order valence-electron chi connectivity index (χ3n) is 1.72. The number of anilines is 2. The fourth-order valence-electron chi connectivity index (χ4n) is 1.21. The first kappa shape index (κ1) is 14.1. The van der Waals surface area contributed by atoms with Crippen molar-refractivity contribution < 1.29 is 8.42 Å². The number of nitrogens with one attached hydrogen (secondary N) is 2. The molecule has 1 aromatic carbocycles. The van der Waals surface area contributed by atoms with Crippen LogP contribution in [0.2, 0.25) is 5.02 Å². The summed E-state index contributed by atoms with van der Waals surface area (Å²) < 4.78 is 28.3. The Balaban J connectivity index is 2.99. The van der Waals surface area contributed by atoms with E-state index in [1.54, 1.807) is 39.0 Å². The van der Waals surface area contributed by atoms with Crippen molar-refractivity contribution in [2.75, 3.05) is 10.5 Å². The summed E-state index contributed by atoms with van der Waals surface area (Å²) in [6.45, 7) is 5.21. The van der Waals surface area contributed by atoms with Gasteiger partial charge in [0.1, 0.15) is 0 Å². The first-order valence-corrected chi connectivity index (χ1v) is 6.82. The van der Waals surface area contributed by atoms with Crippen LogP contribution in [0, 0.1) is 0 Å². The summed E-state index contributed by atoms with van der Waals surface area (Å²) in [7, 11) is -3.70. The molecule has 96 valence electrons. The highest BCUT2D eigenvalue weighted by molar-refractivity contribution is 7.90. The molecule has 0 aromatic heterocycles. The monoisotopic (exact) mass is 277 g/mol. The van der Waals surface area contributed by atoms with E-state index in [1.165, 1.54) is 0 Å². The topological polar surface area (TPSA) is 84.2 Å². The van der Waals surface area contributed by atoms with Gasteiger partial charge in [-0.3, -0.25) is 4.72 Å². The van der Waals surface area contributed by atoms with Gasteiger partial charge in [0.2, 0.25) is 0 Å². The van der Waals surface area contributed by atoms with Gasteiger partial charge in [0.05, 0.1) is 16.4 Å². The van der Waals surface area contributed by atoms with E-state index in [0.717, 1.165) is 0 Å². The molecule has 0 heterocycles. The maximum atomic E-state index is 11.8. The fourth-order valence-corrected chi connectivity index (χ4v) is 2.85. The van der Waals surface area contributed by atoms with Crippen LogP contribution >= 0.6 is 11.6 Å². The number of nitrogen functional groups attached to an aromatic ring is 1. The van der Waals surface area contributed by atoms with Gasteiger partial charge in [-0.15, -0.1) is 0 Å². The molecular formula is C10H16ClN3O2S. The Hall–Kier alpha value is -0.980. The molecule has 1 aromatic rings. The molecule has 4 N–H and O–H groups in total. The van der Waals surface area contributed by atoms with Crippen LogP contribution in [-0.2, 0) is 10.2 Å². The minimum absolute atomic E-state index is 0.186. The van der Waals surface area contributed by atoms with E-state index in [2.05, 4.69) is 9.44 Å². The van der Waals surface area contributed by atoms with Gasteiger partial charge in [0.15, 0.2) is 0 Å². The van der Waals surface area contributed by atoms with Crippen molar-refractivity contribution in [3.63, 3.8) is 0 Å². The zero-order chi connectivity index (χ0) is 13.3. The molecule has 0 unspecified atom stereocenters. The van der Waals surface area contributed by atoms with Gasteiger partial charge < -0.3 is 5.73 Å². The first-order chi connectivity index (χ1) is 7.61. The molecular weight excluding hydrogens is 262 g/mol. The predicted molar refractivity (Wildman–Crippen MR) is 71.3 cm³/mol. The second-order valence-corrected chi connectivity index (χ2v) is 6.48. The standard InChI is InChI=1S/C10H16ClN3O2S/c1-10(2,3)14-17(15,16)13-9-7(11)5-4-6-8(9)12/h4-6,13-14H,12H2,1-3H3. The van der Waals surface area contributed by atoms with Crippen molar-refractivity contribution in [2.45, 2.75) is 26.3 Å².